The Hall–Kier alpha value is -1.16. The zero-order valence-electron chi connectivity index (χ0n) is 22.4. The fraction of sp³-hybridized carbons (Fsp3) is 0.867. The van der Waals surface area contributed by atoms with E-state index in [-0.39, 0.29) is 33.9 Å². The number of allylic oxidation sites excluding steroid dienone is 2. The standard InChI is InChI=1S/C30H46O4/c1-17-8-11-26(3)14-15-28(5)19(23(26)18(17)2)16-20(31)24-27(4)12-10-22(32)30(7,25(33)34)21(27)9-13-29(24,28)6/h16-18,21-24,32H,8-15H2,1-7H3,(H,33,34)/t17-,18+,21?,22-,23+,24-,26-,27+,28-,29-,30-/m1/s1. The zero-order chi connectivity index (χ0) is 25.1. The van der Waals surface area contributed by atoms with Gasteiger partial charge in [-0.1, -0.05) is 47.1 Å². The molecule has 4 nitrogen and oxygen atoms in total. The van der Waals surface area contributed by atoms with Crippen molar-refractivity contribution in [1.29, 1.82) is 0 Å². The molecule has 1 unspecified atom stereocenters. The Labute approximate surface area is 206 Å². The summed E-state index contributed by atoms with van der Waals surface area (Å²) in [5.41, 5.74) is -0.124. The van der Waals surface area contributed by atoms with Gasteiger partial charge in [-0.2, -0.15) is 0 Å². The van der Waals surface area contributed by atoms with Crippen LogP contribution in [0.3, 0.4) is 0 Å². The van der Waals surface area contributed by atoms with Gasteiger partial charge in [0.15, 0.2) is 5.78 Å². The SMILES string of the molecule is C[C@H]1[C@H](C)CC[C@]2(C)CC[C@]3(C)C(=CC(=O)[C@@H]4[C@@]5(C)CC[C@@H](O)[C@](C)(C(=O)O)C5CC[C@]43C)[C@H]12. The Balaban J connectivity index is 1.65. The number of ketones is 1. The molecule has 4 saturated carbocycles. The highest BCUT2D eigenvalue weighted by Gasteiger charge is 2.71. The lowest BCUT2D eigenvalue weighted by atomic mass is 9.33. The van der Waals surface area contributed by atoms with Gasteiger partial charge in [-0.25, -0.2) is 0 Å². The number of carboxylic acids is 1. The van der Waals surface area contributed by atoms with Crippen LogP contribution in [-0.4, -0.2) is 28.1 Å². The van der Waals surface area contributed by atoms with E-state index in [1.807, 2.05) is 0 Å². The minimum absolute atomic E-state index is 0.0370. The maximum Gasteiger partial charge on any atom is 0.312 e. The summed E-state index contributed by atoms with van der Waals surface area (Å²) >= 11 is 0. The first-order valence-electron chi connectivity index (χ1n) is 13.8. The van der Waals surface area contributed by atoms with Crippen LogP contribution in [-0.2, 0) is 9.59 Å². The molecule has 2 N–H and O–H groups in total. The topological polar surface area (TPSA) is 74.6 Å². The van der Waals surface area contributed by atoms with Crippen molar-refractivity contribution in [1.82, 2.24) is 0 Å². The van der Waals surface area contributed by atoms with E-state index in [9.17, 15) is 19.8 Å². The second-order valence-electron chi connectivity index (χ2n) is 14.4. The van der Waals surface area contributed by atoms with Crippen molar-refractivity contribution in [2.75, 3.05) is 0 Å². The second-order valence-corrected chi connectivity index (χ2v) is 14.4. The van der Waals surface area contributed by atoms with Gasteiger partial charge in [0.1, 0.15) is 0 Å². The minimum Gasteiger partial charge on any atom is -0.481 e. The average Bonchev–Trinajstić information content (AvgIpc) is 2.75. The molecule has 0 aromatic rings. The number of hydrogen-bond donors (Lipinski definition) is 2. The molecule has 0 bridgehead atoms. The Morgan fingerprint density at radius 1 is 0.941 bits per heavy atom. The molecule has 4 fully saturated rings. The van der Waals surface area contributed by atoms with E-state index in [4.69, 9.17) is 0 Å². The summed E-state index contributed by atoms with van der Waals surface area (Å²) in [5, 5.41) is 21.1. The van der Waals surface area contributed by atoms with Gasteiger partial charge >= 0.3 is 5.97 Å². The Morgan fingerprint density at radius 2 is 1.62 bits per heavy atom. The van der Waals surface area contributed by atoms with Crippen LogP contribution in [0.4, 0.5) is 0 Å². The summed E-state index contributed by atoms with van der Waals surface area (Å²) < 4.78 is 0. The van der Waals surface area contributed by atoms with Crippen LogP contribution in [0.15, 0.2) is 11.6 Å². The third-order valence-corrected chi connectivity index (χ3v) is 13.2. The number of aliphatic hydroxyl groups excluding tert-OH is 1. The molecule has 0 aliphatic heterocycles. The number of fused-ring (bicyclic) bond motifs is 7. The Bertz CT molecular complexity index is 953. The predicted molar refractivity (Wildman–Crippen MR) is 133 cm³/mol. The van der Waals surface area contributed by atoms with Crippen LogP contribution in [0.25, 0.3) is 0 Å². The normalized spacial score (nSPS) is 56.9. The first kappa shape index (κ1) is 24.5. The van der Waals surface area contributed by atoms with Gasteiger partial charge < -0.3 is 10.2 Å². The van der Waals surface area contributed by atoms with Crippen LogP contribution in [0.5, 0.6) is 0 Å². The minimum atomic E-state index is -1.20. The van der Waals surface area contributed by atoms with Crippen molar-refractivity contribution in [3.63, 3.8) is 0 Å². The maximum atomic E-state index is 14.2. The van der Waals surface area contributed by atoms with Gasteiger partial charge in [-0.3, -0.25) is 9.59 Å². The second kappa shape index (κ2) is 7.20. The van der Waals surface area contributed by atoms with Gasteiger partial charge in [0.25, 0.3) is 0 Å². The fourth-order valence-corrected chi connectivity index (χ4v) is 10.7. The van der Waals surface area contributed by atoms with Crippen molar-refractivity contribution in [2.24, 2.45) is 56.7 Å². The van der Waals surface area contributed by atoms with Crippen LogP contribution >= 0.6 is 0 Å². The summed E-state index contributed by atoms with van der Waals surface area (Å²) in [5.74, 6) is 0.656. The molecule has 0 saturated heterocycles. The molecule has 0 aromatic heterocycles. The first-order valence-corrected chi connectivity index (χ1v) is 13.8. The number of aliphatic hydroxyl groups is 1. The van der Waals surface area contributed by atoms with E-state index in [0.29, 0.717) is 24.2 Å². The third-order valence-electron chi connectivity index (χ3n) is 13.2. The highest BCUT2D eigenvalue weighted by Crippen LogP contribution is 2.75. The molecular formula is C30H46O4. The van der Waals surface area contributed by atoms with Gasteiger partial charge in [0.05, 0.1) is 11.5 Å². The summed E-state index contributed by atoms with van der Waals surface area (Å²) in [6, 6.07) is 0. The summed E-state index contributed by atoms with van der Waals surface area (Å²) in [6.45, 7) is 16.0. The molecule has 0 radical (unpaired) electrons. The molecule has 0 spiro atoms. The van der Waals surface area contributed by atoms with E-state index < -0.39 is 22.9 Å². The van der Waals surface area contributed by atoms with Gasteiger partial charge in [-0.15, -0.1) is 0 Å². The highest BCUT2D eigenvalue weighted by atomic mass is 16.4. The van der Waals surface area contributed by atoms with Gasteiger partial charge in [0.2, 0.25) is 0 Å². The maximum absolute atomic E-state index is 14.2. The smallest absolute Gasteiger partial charge is 0.312 e. The third kappa shape index (κ3) is 2.70. The summed E-state index contributed by atoms with van der Waals surface area (Å²) in [4.78, 5) is 26.7. The lowest BCUT2D eigenvalue weighted by molar-refractivity contribution is -0.215. The molecule has 34 heavy (non-hydrogen) atoms. The number of hydrogen-bond acceptors (Lipinski definition) is 3. The molecule has 190 valence electrons. The van der Waals surface area contributed by atoms with E-state index in [0.717, 1.165) is 25.7 Å². The lowest BCUT2D eigenvalue weighted by Gasteiger charge is -2.70. The fourth-order valence-electron chi connectivity index (χ4n) is 10.7. The number of carbonyl (C=O) groups is 2. The van der Waals surface area contributed by atoms with E-state index >= 15 is 0 Å². The van der Waals surface area contributed by atoms with Crippen LogP contribution < -0.4 is 0 Å². The molecule has 4 heteroatoms. The van der Waals surface area contributed by atoms with Gasteiger partial charge in [-0.05, 0) is 110 Å². The largest absolute Gasteiger partial charge is 0.481 e. The van der Waals surface area contributed by atoms with E-state index in [1.165, 1.54) is 24.8 Å². The van der Waals surface area contributed by atoms with Crippen molar-refractivity contribution in [2.45, 2.75) is 106 Å². The zero-order valence-corrected chi connectivity index (χ0v) is 22.4. The first-order chi connectivity index (χ1) is 15.7. The quantitative estimate of drug-likeness (QED) is 0.474. The Kier molecular flexibility index (Phi) is 5.20. The van der Waals surface area contributed by atoms with Crippen molar-refractivity contribution < 1.29 is 19.8 Å². The van der Waals surface area contributed by atoms with Crippen molar-refractivity contribution in [3.05, 3.63) is 11.6 Å². The van der Waals surface area contributed by atoms with E-state index in [2.05, 4.69) is 47.6 Å². The van der Waals surface area contributed by atoms with Crippen molar-refractivity contribution >= 4 is 11.8 Å². The molecule has 5 aliphatic rings. The van der Waals surface area contributed by atoms with E-state index in [1.54, 1.807) is 6.92 Å². The molecule has 5 rings (SSSR count). The number of carbonyl (C=O) groups excluding carboxylic acids is 1. The lowest BCUT2D eigenvalue weighted by Crippen LogP contribution is -2.68. The number of carboxylic acid groups (broad SMARTS) is 1. The van der Waals surface area contributed by atoms with Crippen LogP contribution in [0.2, 0.25) is 0 Å². The van der Waals surface area contributed by atoms with Crippen LogP contribution in [0, 0.1) is 56.7 Å². The average molecular weight is 471 g/mol. The molecule has 5 aliphatic carbocycles. The summed E-state index contributed by atoms with van der Waals surface area (Å²) in [7, 11) is 0. The summed E-state index contributed by atoms with van der Waals surface area (Å²) in [6.07, 6.45) is 8.89. The molecule has 0 aromatic carbocycles. The monoisotopic (exact) mass is 470 g/mol. The Morgan fingerprint density at radius 3 is 2.26 bits per heavy atom. The predicted octanol–water partition coefficient (Wildman–Crippen LogP) is 6.27. The molecule has 11 atom stereocenters. The highest BCUT2D eigenvalue weighted by molar-refractivity contribution is 5.96. The van der Waals surface area contributed by atoms with Crippen LogP contribution in [0.1, 0.15) is 99.8 Å². The van der Waals surface area contributed by atoms with Crippen molar-refractivity contribution in [3.8, 4) is 0 Å². The number of aliphatic carboxylic acids is 1. The molecular weight excluding hydrogens is 424 g/mol. The number of rotatable bonds is 1. The molecule has 0 amide bonds. The molecule has 0 heterocycles. The van der Waals surface area contributed by atoms with Gasteiger partial charge in [0, 0.05) is 5.92 Å².